The van der Waals surface area contributed by atoms with Crippen LogP contribution in [0.25, 0.3) is 22.4 Å². The molecule has 0 atom stereocenters. The van der Waals surface area contributed by atoms with Crippen LogP contribution in [0.4, 0.5) is 0 Å². The summed E-state index contributed by atoms with van der Waals surface area (Å²) in [4.78, 5) is 24.7. The molecule has 2 heterocycles. The van der Waals surface area contributed by atoms with Gasteiger partial charge in [-0.15, -0.1) is 6.58 Å². The standard InChI is InChI=1S/C14H11N3O3/c1-2-5-17-10(8-18)7-12(16-17)9-3-4-11-13(6-9)20-14(19)15-11/h2-4,6-8H,1,5H2,(H,15,19). The monoisotopic (exact) mass is 269 g/mol. The molecule has 0 aliphatic rings. The molecule has 100 valence electrons. The maximum Gasteiger partial charge on any atom is 0.417 e. The Labute approximate surface area is 113 Å². The van der Waals surface area contributed by atoms with E-state index in [0.29, 0.717) is 29.0 Å². The van der Waals surface area contributed by atoms with Crippen LogP contribution in [0.2, 0.25) is 0 Å². The third-order valence-electron chi connectivity index (χ3n) is 2.95. The van der Waals surface area contributed by atoms with Gasteiger partial charge in [0, 0.05) is 5.56 Å². The van der Waals surface area contributed by atoms with Crippen LogP contribution >= 0.6 is 0 Å². The van der Waals surface area contributed by atoms with Gasteiger partial charge in [0.05, 0.1) is 17.8 Å². The Kier molecular flexibility index (Phi) is 2.83. The van der Waals surface area contributed by atoms with Crippen LogP contribution in [-0.2, 0) is 6.54 Å². The molecule has 0 unspecified atom stereocenters. The van der Waals surface area contributed by atoms with E-state index < -0.39 is 5.76 Å². The Morgan fingerprint density at radius 1 is 1.40 bits per heavy atom. The number of nitrogens with one attached hydrogen (secondary N) is 1. The smallest absolute Gasteiger partial charge is 0.408 e. The number of hydrogen-bond donors (Lipinski definition) is 1. The number of allylic oxidation sites excluding steroid dienone is 1. The first kappa shape index (κ1) is 12.2. The van der Waals surface area contributed by atoms with E-state index in [1.165, 1.54) is 0 Å². The van der Waals surface area contributed by atoms with E-state index in [0.717, 1.165) is 11.8 Å². The Hall–Kier alpha value is -2.89. The number of aldehydes is 1. The first-order chi connectivity index (χ1) is 9.71. The van der Waals surface area contributed by atoms with E-state index in [1.807, 2.05) is 6.07 Å². The lowest BCUT2D eigenvalue weighted by Crippen LogP contribution is -2.01. The molecule has 0 aliphatic heterocycles. The van der Waals surface area contributed by atoms with Gasteiger partial charge in [0.15, 0.2) is 11.9 Å². The summed E-state index contributed by atoms with van der Waals surface area (Å²) in [5.74, 6) is -0.497. The third-order valence-corrected chi connectivity index (χ3v) is 2.95. The molecule has 0 saturated carbocycles. The molecule has 0 bridgehead atoms. The van der Waals surface area contributed by atoms with E-state index in [-0.39, 0.29) is 0 Å². The number of rotatable bonds is 4. The lowest BCUT2D eigenvalue weighted by molar-refractivity contribution is 0.111. The molecule has 20 heavy (non-hydrogen) atoms. The molecule has 1 aromatic carbocycles. The summed E-state index contributed by atoms with van der Waals surface area (Å²) >= 11 is 0. The normalized spacial score (nSPS) is 10.8. The summed E-state index contributed by atoms with van der Waals surface area (Å²) in [6.07, 6.45) is 2.41. The van der Waals surface area contributed by atoms with Crippen LogP contribution in [0.5, 0.6) is 0 Å². The van der Waals surface area contributed by atoms with Crippen molar-refractivity contribution < 1.29 is 9.21 Å². The summed E-state index contributed by atoms with van der Waals surface area (Å²) in [6.45, 7) is 4.08. The molecule has 3 rings (SSSR count). The Morgan fingerprint density at radius 2 is 2.25 bits per heavy atom. The number of aromatic amines is 1. The summed E-state index contributed by atoms with van der Waals surface area (Å²) in [7, 11) is 0. The van der Waals surface area contributed by atoms with Gasteiger partial charge in [-0.1, -0.05) is 12.1 Å². The first-order valence-electron chi connectivity index (χ1n) is 5.98. The number of carbonyl (C=O) groups is 1. The van der Waals surface area contributed by atoms with E-state index in [2.05, 4.69) is 16.7 Å². The van der Waals surface area contributed by atoms with Gasteiger partial charge >= 0.3 is 5.76 Å². The Bertz CT molecular complexity index is 854. The van der Waals surface area contributed by atoms with Gasteiger partial charge < -0.3 is 4.42 Å². The highest BCUT2D eigenvalue weighted by molar-refractivity contribution is 5.81. The Balaban J connectivity index is 2.11. The zero-order valence-electron chi connectivity index (χ0n) is 10.5. The van der Waals surface area contributed by atoms with Crippen molar-refractivity contribution in [2.75, 3.05) is 0 Å². The summed E-state index contributed by atoms with van der Waals surface area (Å²) in [5, 5.41) is 4.34. The fourth-order valence-electron chi connectivity index (χ4n) is 2.04. The molecule has 6 nitrogen and oxygen atoms in total. The minimum absolute atomic E-state index is 0.454. The highest BCUT2D eigenvalue weighted by Crippen LogP contribution is 2.22. The van der Waals surface area contributed by atoms with Crippen molar-refractivity contribution in [1.29, 1.82) is 0 Å². The Morgan fingerprint density at radius 3 is 3.00 bits per heavy atom. The average Bonchev–Trinajstić information content (AvgIpc) is 3.00. The van der Waals surface area contributed by atoms with Crippen molar-refractivity contribution in [2.45, 2.75) is 6.54 Å². The van der Waals surface area contributed by atoms with E-state index in [1.54, 1.807) is 29.0 Å². The van der Waals surface area contributed by atoms with Crippen LogP contribution in [-0.4, -0.2) is 21.1 Å². The molecule has 1 N–H and O–H groups in total. The van der Waals surface area contributed by atoms with Crippen LogP contribution in [0.1, 0.15) is 10.5 Å². The maximum absolute atomic E-state index is 11.1. The highest BCUT2D eigenvalue weighted by atomic mass is 16.4. The first-order valence-corrected chi connectivity index (χ1v) is 5.98. The topological polar surface area (TPSA) is 80.9 Å². The number of hydrogen-bond acceptors (Lipinski definition) is 4. The molecule has 6 heteroatoms. The van der Waals surface area contributed by atoms with Gasteiger partial charge in [-0.25, -0.2) is 4.79 Å². The quantitative estimate of drug-likeness (QED) is 0.580. The largest absolute Gasteiger partial charge is 0.417 e. The lowest BCUT2D eigenvalue weighted by Gasteiger charge is -1.97. The van der Waals surface area contributed by atoms with E-state index >= 15 is 0 Å². The molecule has 0 saturated heterocycles. The van der Waals surface area contributed by atoms with Crippen LogP contribution in [0.3, 0.4) is 0 Å². The van der Waals surface area contributed by atoms with E-state index in [4.69, 9.17) is 4.42 Å². The molecule has 0 aliphatic carbocycles. The number of nitrogens with zero attached hydrogens (tertiary/aromatic N) is 2. The molecule has 0 radical (unpaired) electrons. The van der Waals surface area contributed by atoms with Crippen molar-refractivity contribution in [1.82, 2.24) is 14.8 Å². The predicted molar refractivity (Wildman–Crippen MR) is 73.6 cm³/mol. The van der Waals surface area contributed by atoms with Gasteiger partial charge in [-0.05, 0) is 18.2 Å². The SMILES string of the molecule is C=CCn1nc(-c2ccc3[nH]c(=O)oc3c2)cc1C=O. The zero-order chi connectivity index (χ0) is 14.1. The fraction of sp³-hybridized carbons (Fsp3) is 0.0714. The minimum atomic E-state index is -0.497. The second-order valence-corrected chi connectivity index (χ2v) is 4.27. The molecule has 3 aromatic rings. The van der Waals surface area contributed by atoms with Crippen LogP contribution < -0.4 is 5.76 Å². The van der Waals surface area contributed by atoms with Crippen molar-refractivity contribution in [3.8, 4) is 11.3 Å². The van der Waals surface area contributed by atoms with Gasteiger partial charge in [0.25, 0.3) is 0 Å². The molecule has 0 fully saturated rings. The van der Waals surface area contributed by atoms with Gasteiger partial charge in [-0.2, -0.15) is 5.10 Å². The molecular weight excluding hydrogens is 258 g/mol. The molecule has 0 amide bonds. The van der Waals surface area contributed by atoms with Gasteiger partial charge in [-0.3, -0.25) is 14.5 Å². The summed E-state index contributed by atoms with van der Waals surface area (Å²) in [6, 6.07) is 6.94. The molecule has 2 aromatic heterocycles. The average molecular weight is 269 g/mol. The van der Waals surface area contributed by atoms with Gasteiger partial charge in [0.1, 0.15) is 5.69 Å². The number of aromatic nitrogens is 3. The molecule has 0 spiro atoms. The minimum Gasteiger partial charge on any atom is -0.408 e. The second-order valence-electron chi connectivity index (χ2n) is 4.27. The van der Waals surface area contributed by atoms with Crippen molar-refractivity contribution in [3.05, 3.63) is 53.2 Å². The lowest BCUT2D eigenvalue weighted by atomic mass is 10.1. The van der Waals surface area contributed by atoms with Gasteiger partial charge in [0.2, 0.25) is 0 Å². The number of oxazole rings is 1. The number of benzene rings is 1. The van der Waals surface area contributed by atoms with Crippen molar-refractivity contribution >= 4 is 17.4 Å². The highest BCUT2D eigenvalue weighted by Gasteiger charge is 2.10. The maximum atomic E-state index is 11.1. The number of fused-ring (bicyclic) bond motifs is 1. The third kappa shape index (κ3) is 1.97. The fourth-order valence-corrected chi connectivity index (χ4v) is 2.04. The van der Waals surface area contributed by atoms with Crippen molar-refractivity contribution in [3.63, 3.8) is 0 Å². The van der Waals surface area contributed by atoms with E-state index in [9.17, 15) is 9.59 Å². The zero-order valence-corrected chi connectivity index (χ0v) is 10.5. The second kappa shape index (κ2) is 4.65. The molecular formula is C14H11N3O3. The predicted octanol–water partition coefficient (Wildman–Crippen LogP) is 1.98. The van der Waals surface area contributed by atoms with Crippen LogP contribution in [0, 0.1) is 0 Å². The number of carbonyl (C=O) groups excluding carboxylic acids is 1. The van der Waals surface area contributed by atoms with Crippen molar-refractivity contribution in [2.24, 2.45) is 0 Å². The van der Waals surface area contributed by atoms with Crippen LogP contribution in [0.15, 0.2) is 46.1 Å². The number of H-pyrrole nitrogens is 1. The summed E-state index contributed by atoms with van der Waals surface area (Å²) in [5.41, 5.74) is 2.96. The summed E-state index contributed by atoms with van der Waals surface area (Å²) < 4.78 is 6.57.